The lowest BCUT2D eigenvalue weighted by Crippen LogP contribution is -2.19. The van der Waals surface area contributed by atoms with Crippen LogP contribution in [-0.4, -0.2) is 11.7 Å². The quantitative estimate of drug-likeness (QED) is 0.506. The molecule has 0 aliphatic heterocycles. The summed E-state index contributed by atoms with van der Waals surface area (Å²) in [5, 5.41) is 2.49. The van der Waals surface area contributed by atoms with Crippen molar-refractivity contribution in [3.63, 3.8) is 0 Å². The Hall–Kier alpha value is -1.38. The Morgan fingerprint density at radius 2 is 1.75 bits per heavy atom. The van der Waals surface area contributed by atoms with Gasteiger partial charge in [0.25, 0.3) is 0 Å². The molecule has 0 aromatic rings. The first-order chi connectivity index (χ1) is 5.43. The van der Waals surface area contributed by atoms with Crippen molar-refractivity contribution < 1.29 is 9.59 Å². The lowest BCUT2D eigenvalue weighted by Gasteiger charge is -2.04. The molecule has 0 radical (unpaired) electrons. The van der Waals surface area contributed by atoms with Crippen molar-refractivity contribution in [1.82, 2.24) is 5.32 Å². The second kappa shape index (κ2) is 4.49. The van der Waals surface area contributed by atoms with Crippen LogP contribution in [0.15, 0.2) is 23.9 Å². The third-order valence-corrected chi connectivity index (χ3v) is 1.22. The topological polar surface area (TPSA) is 46.2 Å². The molecule has 12 heavy (non-hydrogen) atoms. The molecule has 0 heterocycles. The van der Waals surface area contributed by atoms with Crippen molar-refractivity contribution in [3.05, 3.63) is 23.9 Å². The summed E-state index contributed by atoms with van der Waals surface area (Å²) in [6.45, 7) is 8.16. The van der Waals surface area contributed by atoms with Crippen LogP contribution in [0.2, 0.25) is 0 Å². The van der Waals surface area contributed by atoms with Crippen LogP contribution in [0, 0.1) is 0 Å². The monoisotopic (exact) mass is 167 g/mol. The van der Waals surface area contributed by atoms with Crippen molar-refractivity contribution in [3.8, 4) is 0 Å². The van der Waals surface area contributed by atoms with Gasteiger partial charge in [-0.1, -0.05) is 6.58 Å². The molecule has 1 amide bonds. The molecule has 0 fully saturated rings. The maximum absolute atomic E-state index is 10.6. The van der Waals surface area contributed by atoms with E-state index in [9.17, 15) is 9.59 Å². The zero-order chi connectivity index (χ0) is 9.72. The summed E-state index contributed by atoms with van der Waals surface area (Å²) in [7, 11) is 0. The summed E-state index contributed by atoms with van der Waals surface area (Å²) in [4.78, 5) is 21.2. The van der Waals surface area contributed by atoms with E-state index in [1.165, 1.54) is 19.9 Å². The fourth-order valence-electron chi connectivity index (χ4n) is 0.703. The van der Waals surface area contributed by atoms with Crippen molar-refractivity contribution in [1.29, 1.82) is 0 Å². The summed E-state index contributed by atoms with van der Waals surface area (Å²) in [5.74, 6) is -0.240. The average Bonchev–Trinajstić information content (AvgIpc) is 1.84. The summed E-state index contributed by atoms with van der Waals surface area (Å²) in [6, 6.07) is 0. The Balaban J connectivity index is 4.29. The first kappa shape index (κ1) is 10.6. The SMILES string of the molecule is C=C(NC(C)=O)/C(C)=C\C(C)=O. The largest absolute Gasteiger partial charge is 0.327 e. The van der Waals surface area contributed by atoms with Gasteiger partial charge in [-0.3, -0.25) is 9.59 Å². The van der Waals surface area contributed by atoms with E-state index < -0.39 is 0 Å². The van der Waals surface area contributed by atoms with Crippen molar-refractivity contribution in [2.24, 2.45) is 0 Å². The summed E-state index contributed by atoms with van der Waals surface area (Å²) in [6.07, 6.45) is 1.43. The summed E-state index contributed by atoms with van der Waals surface area (Å²) >= 11 is 0. The van der Waals surface area contributed by atoms with Crippen molar-refractivity contribution in [2.75, 3.05) is 0 Å². The van der Waals surface area contributed by atoms with Crippen LogP contribution < -0.4 is 5.32 Å². The van der Waals surface area contributed by atoms with Crippen LogP contribution in [0.25, 0.3) is 0 Å². The molecule has 0 aromatic heterocycles. The van der Waals surface area contributed by atoms with Gasteiger partial charge in [-0.05, 0) is 25.5 Å². The Kier molecular flexibility index (Phi) is 3.97. The smallest absolute Gasteiger partial charge is 0.221 e. The molecule has 0 aliphatic carbocycles. The van der Waals surface area contributed by atoms with Gasteiger partial charge in [-0.2, -0.15) is 0 Å². The first-order valence-corrected chi connectivity index (χ1v) is 3.59. The average molecular weight is 167 g/mol. The van der Waals surface area contributed by atoms with Gasteiger partial charge in [-0.25, -0.2) is 0 Å². The number of hydrogen-bond acceptors (Lipinski definition) is 2. The zero-order valence-electron chi connectivity index (χ0n) is 7.60. The Labute approximate surface area is 72.2 Å². The molecule has 66 valence electrons. The lowest BCUT2D eigenvalue weighted by atomic mass is 10.2. The molecule has 0 spiro atoms. The fourth-order valence-corrected chi connectivity index (χ4v) is 0.703. The molecule has 0 unspecified atom stereocenters. The van der Waals surface area contributed by atoms with E-state index in [0.29, 0.717) is 11.3 Å². The van der Waals surface area contributed by atoms with E-state index in [-0.39, 0.29) is 11.7 Å². The number of rotatable bonds is 3. The summed E-state index contributed by atoms with van der Waals surface area (Å²) in [5.41, 5.74) is 1.15. The van der Waals surface area contributed by atoms with Crippen LogP contribution in [0.5, 0.6) is 0 Å². The molecule has 0 bridgehead atoms. The van der Waals surface area contributed by atoms with Gasteiger partial charge < -0.3 is 5.32 Å². The molecule has 3 heteroatoms. The Morgan fingerprint density at radius 1 is 1.25 bits per heavy atom. The van der Waals surface area contributed by atoms with Gasteiger partial charge >= 0.3 is 0 Å². The number of allylic oxidation sites excluding steroid dienone is 2. The number of carbonyl (C=O) groups is 2. The van der Waals surface area contributed by atoms with E-state index in [4.69, 9.17) is 0 Å². The highest BCUT2D eigenvalue weighted by Gasteiger charge is 1.99. The van der Waals surface area contributed by atoms with Gasteiger partial charge in [0, 0.05) is 12.6 Å². The lowest BCUT2D eigenvalue weighted by molar-refractivity contribution is -0.118. The number of ketones is 1. The fraction of sp³-hybridized carbons (Fsp3) is 0.333. The van der Waals surface area contributed by atoms with Crippen LogP contribution in [0.1, 0.15) is 20.8 Å². The minimum absolute atomic E-state index is 0.0565. The van der Waals surface area contributed by atoms with E-state index >= 15 is 0 Å². The van der Waals surface area contributed by atoms with Crippen molar-refractivity contribution in [2.45, 2.75) is 20.8 Å². The molecule has 0 aliphatic rings. The Bertz CT molecular complexity index is 251. The third-order valence-electron chi connectivity index (χ3n) is 1.22. The maximum atomic E-state index is 10.6. The van der Waals surface area contributed by atoms with E-state index in [1.54, 1.807) is 6.92 Å². The molecular weight excluding hydrogens is 154 g/mol. The molecule has 0 saturated heterocycles. The van der Waals surface area contributed by atoms with Gasteiger partial charge in [0.15, 0.2) is 5.78 Å². The first-order valence-electron chi connectivity index (χ1n) is 3.59. The highest BCUT2D eigenvalue weighted by Crippen LogP contribution is 2.02. The number of amides is 1. The number of carbonyl (C=O) groups excluding carboxylic acids is 2. The second-order valence-electron chi connectivity index (χ2n) is 2.60. The number of nitrogens with one attached hydrogen (secondary N) is 1. The minimum Gasteiger partial charge on any atom is -0.327 e. The van der Waals surface area contributed by atoms with E-state index in [0.717, 1.165) is 0 Å². The Morgan fingerprint density at radius 3 is 2.08 bits per heavy atom. The van der Waals surface area contributed by atoms with Crippen LogP contribution >= 0.6 is 0 Å². The maximum Gasteiger partial charge on any atom is 0.221 e. The van der Waals surface area contributed by atoms with Crippen molar-refractivity contribution >= 4 is 11.7 Å². The third kappa shape index (κ3) is 4.44. The highest BCUT2D eigenvalue weighted by atomic mass is 16.1. The highest BCUT2D eigenvalue weighted by molar-refractivity contribution is 5.89. The van der Waals surface area contributed by atoms with Gasteiger partial charge in [0.05, 0.1) is 0 Å². The summed E-state index contributed by atoms with van der Waals surface area (Å²) < 4.78 is 0. The molecule has 3 nitrogen and oxygen atoms in total. The predicted octanol–water partition coefficient (Wildman–Crippen LogP) is 1.17. The number of hydrogen-bond donors (Lipinski definition) is 1. The molecule has 0 rings (SSSR count). The molecular formula is C9H13NO2. The standard InChI is InChI=1S/C9H13NO2/c1-6(5-7(2)11)8(3)10-9(4)12/h5H,3H2,1-2,4H3,(H,10,12)/b6-5-. The molecule has 0 atom stereocenters. The van der Waals surface area contributed by atoms with E-state index in [1.807, 2.05) is 0 Å². The zero-order valence-corrected chi connectivity index (χ0v) is 7.60. The molecule has 0 aromatic carbocycles. The van der Waals surface area contributed by atoms with Crippen LogP contribution in [0.4, 0.5) is 0 Å². The van der Waals surface area contributed by atoms with Gasteiger partial charge in [0.2, 0.25) is 5.91 Å². The minimum atomic E-state index is -0.184. The molecule has 1 N–H and O–H groups in total. The normalized spacial score (nSPS) is 10.8. The second-order valence-corrected chi connectivity index (χ2v) is 2.60. The predicted molar refractivity (Wildman–Crippen MR) is 47.4 cm³/mol. The molecule has 0 saturated carbocycles. The van der Waals surface area contributed by atoms with E-state index in [2.05, 4.69) is 11.9 Å². The van der Waals surface area contributed by atoms with Gasteiger partial charge in [0.1, 0.15) is 0 Å². The van der Waals surface area contributed by atoms with Gasteiger partial charge in [-0.15, -0.1) is 0 Å². The van der Waals surface area contributed by atoms with Crippen LogP contribution in [0.3, 0.4) is 0 Å². The van der Waals surface area contributed by atoms with Crippen LogP contribution in [-0.2, 0) is 9.59 Å².